The quantitative estimate of drug-likeness (QED) is 0.0657. The molecule has 0 aromatic heterocycles. The minimum absolute atomic E-state index is 0.0269. The van der Waals surface area contributed by atoms with Crippen molar-refractivity contribution in [3.63, 3.8) is 0 Å². The van der Waals surface area contributed by atoms with Crippen molar-refractivity contribution in [1.29, 1.82) is 0 Å². The van der Waals surface area contributed by atoms with Gasteiger partial charge in [-0.1, -0.05) is 91.9 Å². The molecule has 1 amide bonds. The number of hydrogen-bond donors (Lipinski definition) is 2. The number of aliphatic hydroxyl groups is 1. The molecule has 1 heterocycles. The third-order valence-corrected chi connectivity index (χ3v) is 9.71. The maximum atomic E-state index is 14.1. The molecule has 1 saturated heterocycles. The van der Waals surface area contributed by atoms with Gasteiger partial charge < -0.3 is 19.9 Å². The summed E-state index contributed by atoms with van der Waals surface area (Å²) in [6, 6.07) is 32.4. The fourth-order valence-corrected chi connectivity index (χ4v) is 6.86. The van der Waals surface area contributed by atoms with Gasteiger partial charge in [-0.25, -0.2) is 22.0 Å². The van der Waals surface area contributed by atoms with Gasteiger partial charge in [-0.3, -0.25) is 4.79 Å². The van der Waals surface area contributed by atoms with E-state index < -0.39 is 46.8 Å². The summed E-state index contributed by atoms with van der Waals surface area (Å²) in [7, 11) is 0. The van der Waals surface area contributed by atoms with Gasteiger partial charge in [0.2, 0.25) is 5.82 Å². The van der Waals surface area contributed by atoms with Crippen LogP contribution in [0.5, 0.6) is 0 Å². The first-order valence-corrected chi connectivity index (χ1v) is 16.8. The van der Waals surface area contributed by atoms with Gasteiger partial charge in [0.15, 0.2) is 29.6 Å². The number of amides is 1. The molecule has 1 aliphatic heterocycles. The number of carbonyl (C=O) groups excluding carboxylic acids is 1. The second-order valence-electron chi connectivity index (χ2n) is 11.9. The van der Waals surface area contributed by atoms with Crippen molar-refractivity contribution in [2.75, 3.05) is 5.75 Å². The number of aliphatic hydroxyl groups excluding tert-OH is 1. The molecule has 2 N–H and O–H groups in total. The zero-order chi connectivity index (χ0) is 35.4. The molecule has 5 nitrogen and oxygen atoms in total. The molecule has 0 unspecified atom stereocenters. The Kier molecular flexibility index (Phi) is 11.0. The largest absolute Gasteiger partial charge is 0.392 e. The lowest BCUT2D eigenvalue weighted by molar-refractivity contribution is -0.268. The van der Waals surface area contributed by atoms with Crippen LogP contribution in [0.4, 0.5) is 22.0 Å². The summed E-state index contributed by atoms with van der Waals surface area (Å²) >= 11 is 1.71. The second-order valence-corrected chi connectivity index (χ2v) is 13.0. The Morgan fingerprint density at radius 2 is 1.36 bits per heavy atom. The van der Waals surface area contributed by atoms with E-state index in [1.165, 1.54) is 0 Å². The van der Waals surface area contributed by atoms with E-state index in [2.05, 4.69) is 24.4 Å². The Morgan fingerprint density at radius 1 is 0.720 bits per heavy atom. The van der Waals surface area contributed by atoms with Gasteiger partial charge in [0.1, 0.15) is 5.56 Å². The fourth-order valence-electron chi connectivity index (χ4n) is 5.77. The second kappa shape index (κ2) is 15.6. The van der Waals surface area contributed by atoms with E-state index >= 15 is 0 Å². The van der Waals surface area contributed by atoms with Crippen LogP contribution >= 0.6 is 11.8 Å². The lowest BCUT2D eigenvalue weighted by Gasteiger charge is -2.41. The molecular weight excluding hydrogens is 673 g/mol. The first-order valence-electron chi connectivity index (χ1n) is 15.8. The van der Waals surface area contributed by atoms with Gasteiger partial charge in [-0.15, -0.1) is 11.8 Å². The number of thioether (sulfide) groups is 1. The molecule has 4 atom stereocenters. The topological polar surface area (TPSA) is 67.8 Å². The first kappa shape index (κ1) is 35.3. The number of hydrogen-bond acceptors (Lipinski definition) is 5. The summed E-state index contributed by atoms with van der Waals surface area (Å²) < 4.78 is 81.9. The number of carbonyl (C=O) groups is 1. The van der Waals surface area contributed by atoms with Crippen LogP contribution in [0.15, 0.2) is 108 Å². The molecule has 0 aliphatic carbocycles. The van der Waals surface area contributed by atoms with Crippen LogP contribution in [0.25, 0.3) is 11.1 Å². The maximum absolute atomic E-state index is 14.1. The molecule has 0 saturated carbocycles. The molecule has 1 fully saturated rings. The lowest BCUT2D eigenvalue weighted by Crippen LogP contribution is -2.38. The normalized spacial score (nSPS) is 18.9. The van der Waals surface area contributed by atoms with Gasteiger partial charge in [0.25, 0.3) is 5.91 Å². The van der Waals surface area contributed by atoms with Crippen LogP contribution in [0, 0.1) is 35.0 Å². The van der Waals surface area contributed by atoms with Crippen molar-refractivity contribution in [2.45, 2.75) is 43.5 Å². The zero-order valence-corrected chi connectivity index (χ0v) is 27.5. The van der Waals surface area contributed by atoms with Gasteiger partial charge in [0, 0.05) is 28.7 Å². The molecule has 1 aliphatic rings. The molecule has 6 rings (SSSR count). The number of rotatable bonds is 10. The molecule has 50 heavy (non-hydrogen) atoms. The van der Waals surface area contributed by atoms with Crippen molar-refractivity contribution in [3.05, 3.63) is 160 Å². The van der Waals surface area contributed by atoms with Crippen molar-refractivity contribution < 1.29 is 41.3 Å². The smallest absolute Gasteiger partial charge is 0.257 e. The molecule has 258 valence electrons. The van der Waals surface area contributed by atoms with Crippen molar-refractivity contribution >= 4 is 17.7 Å². The van der Waals surface area contributed by atoms with Gasteiger partial charge >= 0.3 is 0 Å². The minimum atomic E-state index is -2.33. The monoisotopic (exact) mass is 705 g/mol. The Balaban J connectivity index is 1.18. The predicted octanol–water partition coefficient (Wildman–Crippen LogP) is 9.06. The Bertz CT molecular complexity index is 1930. The van der Waals surface area contributed by atoms with E-state index in [4.69, 9.17) is 9.47 Å². The molecule has 11 heteroatoms. The van der Waals surface area contributed by atoms with Crippen LogP contribution < -0.4 is 5.32 Å². The van der Waals surface area contributed by atoms with E-state index in [0.29, 0.717) is 11.3 Å². The highest BCUT2D eigenvalue weighted by molar-refractivity contribution is 7.99. The van der Waals surface area contributed by atoms with E-state index in [1.807, 2.05) is 72.8 Å². The van der Waals surface area contributed by atoms with Crippen molar-refractivity contribution in [2.24, 2.45) is 5.92 Å². The number of halogens is 5. The highest BCUT2D eigenvalue weighted by Gasteiger charge is 2.38. The van der Waals surface area contributed by atoms with Gasteiger partial charge in [0.05, 0.1) is 18.8 Å². The van der Waals surface area contributed by atoms with Crippen molar-refractivity contribution in [1.82, 2.24) is 5.32 Å². The fraction of sp³-hybridized carbons (Fsp3) is 0.205. The Labute approximate surface area is 290 Å². The maximum Gasteiger partial charge on any atom is 0.257 e. The number of nitrogens with one attached hydrogen (secondary N) is 1. The predicted molar refractivity (Wildman–Crippen MR) is 179 cm³/mol. The highest BCUT2D eigenvalue weighted by Crippen LogP contribution is 2.43. The summed E-state index contributed by atoms with van der Waals surface area (Å²) in [4.78, 5) is 13.6. The number of benzene rings is 5. The third kappa shape index (κ3) is 7.61. The standard InChI is InChI=1S/C39H32F5NO4S/c1-22-30(21-50-29-8-3-2-4-9-29)48-39(49-37(22)26-12-10-23(20-46)11-13-26)27-16-14-25(15-17-27)28-7-5-6-24(18-28)19-45-38(47)31-32(40)34(42)36(44)35(43)33(31)41/h2-18,22,30,37,39,46H,19-21H2,1H3,(H,45,47)/t22-,30+,37+,39+/m1/s1. The van der Waals surface area contributed by atoms with E-state index in [-0.39, 0.29) is 31.3 Å². The Hall–Kier alpha value is -4.55. The molecule has 0 bridgehead atoms. The SMILES string of the molecule is C[C@@H]1[C@H](CSc2ccccc2)O[C@H](c2ccc(-c3cccc(CNC(=O)c4c(F)c(F)c(F)c(F)c4F)c3)cc2)O[C@@H]1c1ccc(CO)cc1. The first-order chi connectivity index (χ1) is 24.1. The van der Waals surface area contributed by atoms with Gasteiger partial charge in [-0.05, 0) is 46.0 Å². The summed E-state index contributed by atoms with van der Waals surface area (Å²) in [5.41, 5.74) is 3.17. The van der Waals surface area contributed by atoms with E-state index in [0.717, 1.165) is 32.7 Å². The van der Waals surface area contributed by atoms with Crippen molar-refractivity contribution in [3.8, 4) is 11.1 Å². The molecule has 5 aromatic rings. The lowest BCUT2D eigenvalue weighted by atomic mass is 9.91. The highest BCUT2D eigenvalue weighted by atomic mass is 32.2. The van der Waals surface area contributed by atoms with Crippen LogP contribution in [-0.2, 0) is 22.6 Å². The van der Waals surface area contributed by atoms with Crippen LogP contribution in [0.2, 0.25) is 0 Å². The summed E-state index contributed by atoms with van der Waals surface area (Å²) in [6.45, 7) is 1.83. The van der Waals surface area contributed by atoms with Crippen LogP contribution in [-0.4, -0.2) is 22.9 Å². The Morgan fingerprint density at radius 3 is 2.02 bits per heavy atom. The van der Waals surface area contributed by atoms with Crippen LogP contribution in [0.1, 0.15) is 51.9 Å². The summed E-state index contributed by atoms with van der Waals surface area (Å²) in [5, 5.41) is 11.8. The number of ether oxygens (including phenoxy) is 2. The minimum Gasteiger partial charge on any atom is -0.392 e. The average Bonchev–Trinajstić information content (AvgIpc) is 3.16. The molecule has 0 radical (unpaired) electrons. The molecule has 0 spiro atoms. The van der Waals surface area contributed by atoms with E-state index in [1.54, 1.807) is 30.0 Å². The molecule has 5 aromatic carbocycles. The van der Waals surface area contributed by atoms with Gasteiger partial charge in [-0.2, -0.15) is 0 Å². The molecular formula is C39H32F5NO4S. The average molecular weight is 706 g/mol. The van der Waals surface area contributed by atoms with Crippen LogP contribution in [0.3, 0.4) is 0 Å². The third-order valence-electron chi connectivity index (χ3n) is 8.61. The summed E-state index contributed by atoms with van der Waals surface area (Å²) in [5.74, 6) is -11.8. The van der Waals surface area contributed by atoms with E-state index in [9.17, 15) is 31.9 Å². The zero-order valence-electron chi connectivity index (χ0n) is 26.7. The summed E-state index contributed by atoms with van der Waals surface area (Å²) in [6.07, 6.45) is -1.07.